The van der Waals surface area contributed by atoms with Crippen LogP contribution in [0, 0.1) is 12.1 Å². The largest absolute Gasteiger partial charge is 0.332 e. The van der Waals surface area contributed by atoms with Gasteiger partial charge in [0.2, 0.25) is 0 Å². The number of hydrogen-bond acceptors (Lipinski definition) is 3. The summed E-state index contributed by atoms with van der Waals surface area (Å²) in [5, 5.41) is 6.24. The van der Waals surface area contributed by atoms with E-state index in [0.29, 0.717) is 11.8 Å². The Bertz CT molecular complexity index is 3280. The van der Waals surface area contributed by atoms with Crippen molar-refractivity contribution < 1.29 is 21.5 Å². The minimum absolute atomic E-state index is 0. The zero-order chi connectivity index (χ0) is 44.9. The molecule has 0 spiro atoms. The minimum atomic E-state index is -1.50. The molecular formula is C58H55IrN3SSi-2. The van der Waals surface area contributed by atoms with Crippen LogP contribution in [-0.2, 0) is 20.1 Å². The number of pyridine rings is 1. The standard InChI is InChI=1S/C41H33N2S.C17H22NSi.Ir/c1-25(2)30-16-10-17-31(26(3)4)38(30)43-39-32-15-9-8-14-28(32)21-23-36(39)42-41(43)35-19-11-18-34-33-22-20-29(24-37(33)44-40(34)35)27-12-6-5-7-13-27;1-13(2)15-11-16(14-9-7-6-8-10-14)18-12-17(15)19(3,4)5;/h5-18,20-26H,1-4H3;6-9,11-13H,1-5H3;/q2*-1;/i;13D;. The first-order chi connectivity index (χ1) is 30.7. The molecule has 10 aromatic rings. The van der Waals surface area contributed by atoms with Gasteiger partial charge < -0.3 is 9.55 Å². The fourth-order valence-corrected chi connectivity index (χ4v) is 11.7. The smallest absolute Gasteiger partial charge is 0.0799 e. The van der Waals surface area contributed by atoms with Crippen LogP contribution in [0.1, 0.15) is 77.3 Å². The Labute approximate surface area is 399 Å². The van der Waals surface area contributed by atoms with Crippen LogP contribution in [0.25, 0.3) is 81.4 Å². The Hall–Kier alpha value is -5.49. The van der Waals surface area contributed by atoms with Crippen LogP contribution in [0.15, 0.2) is 152 Å². The van der Waals surface area contributed by atoms with Gasteiger partial charge in [-0.2, -0.15) is 11.3 Å². The first-order valence-corrected chi connectivity index (χ1v) is 26.4. The van der Waals surface area contributed by atoms with Crippen molar-refractivity contribution in [3.8, 4) is 39.5 Å². The van der Waals surface area contributed by atoms with Gasteiger partial charge in [-0.3, -0.25) is 4.98 Å². The van der Waals surface area contributed by atoms with Gasteiger partial charge in [0.1, 0.15) is 0 Å². The average Bonchev–Trinajstić information content (AvgIpc) is 3.87. The first kappa shape index (κ1) is 43.7. The van der Waals surface area contributed by atoms with Gasteiger partial charge in [-0.15, -0.1) is 54.1 Å². The molecule has 1 radical (unpaired) electrons. The normalized spacial score (nSPS) is 12.2. The predicted molar refractivity (Wildman–Crippen MR) is 275 cm³/mol. The number of imidazole rings is 1. The van der Waals surface area contributed by atoms with Crippen LogP contribution < -0.4 is 5.19 Å². The number of benzene rings is 7. The van der Waals surface area contributed by atoms with Crippen molar-refractivity contribution in [1.82, 2.24) is 14.5 Å². The summed E-state index contributed by atoms with van der Waals surface area (Å²) in [5.74, 6) is 1.04. The molecule has 323 valence electrons. The molecule has 3 heterocycles. The Morgan fingerprint density at radius 2 is 1.36 bits per heavy atom. The van der Waals surface area contributed by atoms with Crippen LogP contribution in [0.2, 0.25) is 19.6 Å². The van der Waals surface area contributed by atoms with Crippen molar-refractivity contribution in [1.29, 1.82) is 0 Å². The molecule has 0 bridgehead atoms. The van der Waals surface area contributed by atoms with Crippen molar-refractivity contribution in [2.75, 3.05) is 0 Å². The molecule has 0 N–H and O–H groups in total. The van der Waals surface area contributed by atoms with Gasteiger partial charge in [-0.05, 0) is 78.5 Å². The van der Waals surface area contributed by atoms with Gasteiger partial charge >= 0.3 is 0 Å². The number of fused-ring (bicyclic) bond motifs is 6. The summed E-state index contributed by atoms with van der Waals surface area (Å²) in [4.78, 5) is 10.0. The summed E-state index contributed by atoms with van der Waals surface area (Å²) in [7, 11) is -1.50. The summed E-state index contributed by atoms with van der Waals surface area (Å²) < 4.78 is 13.4. The van der Waals surface area contributed by atoms with Crippen molar-refractivity contribution in [3.05, 3.63) is 181 Å². The number of aromatic nitrogens is 3. The minimum Gasteiger partial charge on any atom is -0.332 e. The van der Waals surface area contributed by atoms with E-state index in [1.165, 1.54) is 64.1 Å². The van der Waals surface area contributed by atoms with Gasteiger partial charge in [-0.25, -0.2) is 0 Å². The Morgan fingerprint density at radius 1 is 0.641 bits per heavy atom. The van der Waals surface area contributed by atoms with Gasteiger partial charge in [-0.1, -0.05) is 175 Å². The second kappa shape index (κ2) is 18.5. The SMILES string of the molecule is CC(C)c1cccc(C(C)C)c1-n1c(-c2[c-]ccc3c2sc2cc(-c4ccccc4)ccc23)nc2ccc3ccccc3c21.[2H]C(C)(C)c1cc(-c2[c-]cccc2)ncc1[Si](C)(C)C.[Ir]. The molecule has 0 aliphatic carbocycles. The number of hydrogen-bond donors (Lipinski definition) is 0. The number of para-hydroxylation sites is 1. The molecule has 0 aliphatic heterocycles. The maximum Gasteiger partial charge on any atom is 0.0799 e. The van der Waals surface area contributed by atoms with Crippen molar-refractivity contribution in [3.63, 3.8) is 0 Å². The van der Waals surface area contributed by atoms with E-state index in [-0.39, 0.29) is 20.1 Å². The van der Waals surface area contributed by atoms with Gasteiger partial charge in [0.25, 0.3) is 0 Å². The zero-order valence-electron chi connectivity index (χ0n) is 39.2. The quantitative estimate of drug-likeness (QED) is 0.112. The molecule has 6 heteroatoms. The van der Waals surface area contributed by atoms with Crippen molar-refractivity contribution in [2.24, 2.45) is 0 Å². The summed E-state index contributed by atoms with van der Waals surface area (Å²) >= 11 is 1.85. The molecule has 0 unspecified atom stereocenters. The molecule has 0 saturated heterocycles. The van der Waals surface area contributed by atoms with E-state index < -0.39 is 14.0 Å². The zero-order valence-corrected chi connectivity index (χ0v) is 42.4. The topological polar surface area (TPSA) is 30.7 Å². The monoisotopic (exact) mass is 1050 g/mol. The van der Waals surface area contributed by atoms with E-state index in [0.717, 1.165) is 39.2 Å². The number of thiophene rings is 1. The van der Waals surface area contributed by atoms with Gasteiger partial charge in [0.15, 0.2) is 0 Å². The molecule has 7 aromatic carbocycles. The van der Waals surface area contributed by atoms with Crippen LogP contribution in [0.3, 0.4) is 0 Å². The molecule has 3 aromatic heterocycles. The van der Waals surface area contributed by atoms with Crippen LogP contribution in [-0.4, -0.2) is 22.6 Å². The third-order valence-electron chi connectivity index (χ3n) is 12.1. The maximum atomic E-state index is 8.44. The summed E-state index contributed by atoms with van der Waals surface area (Å²) in [6.07, 6.45) is 1.98. The van der Waals surface area contributed by atoms with E-state index in [1.54, 1.807) is 0 Å². The Balaban J connectivity index is 0.000000232. The second-order valence-corrected chi connectivity index (χ2v) is 24.5. The molecule has 0 fully saturated rings. The molecule has 0 saturated carbocycles. The van der Waals surface area contributed by atoms with Gasteiger partial charge in [0.05, 0.1) is 24.9 Å². The van der Waals surface area contributed by atoms with E-state index in [9.17, 15) is 0 Å². The van der Waals surface area contributed by atoms with E-state index in [4.69, 9.17) is 6.35 Å². The summed E-state index contributed by atoms with van der Waals surface area (Å²) in [6, 6.07) is 58.5. The predicted octanol–water partition coefficient (Wildman–Crippen LogP) is 16.1. The number of rotatable bonds is 8. The third kappa shape index (κ3) is 8.57. The Morgan fingerprint density at radius 3 is 2.05 bits per heavy atom. The van der Waals surface area contributed by atoms with E-state index in [2.05, 4.69) is 190 Å². The third-order valence-corrected chi connectivity index (χ3v) is 15.3. The van der Waals surface area contributed by atoms with E-state index >= 15 is 0 Å². The van der Waals surface area contributed by atoms with Gasteiger partial charge in [0, 0.05) is 43.4 Å². The molecular weight excluding hydrogens is 991 g/mol. The second-order valence-electron chi connectivity index (χ2n) is 18.4. The molecule has 10 rings (SSSR count). The first-order valence-electron chi connectivity index (χ1n) is 22.6. The molecule has 0 amide bonds. The van der Waals surface area contributed by atoms with E-state index in [1.807, 2.05) is 55.6 Å². The molecule has 0 aliphatic rings. The average molecular weight is 1050 g/mol. The van der Waals surface area contributed by atoms with Crippen LogP contribution in [0.4, 0.5) is 0 Å². The molecule has 64 heavy (non-hydrogen) atoms. The summed E-state index contributed by atoms with van der Waals surface area (Å²) in [6.45, 7) is 20.0. The molecule has 0 atom stereocenters. The van der Waals surface area contributed by atoms with Crippen molar-refractivity contribution >= 4 is 66.6 Å². The van der Waals surface area contributed by atoms with Crippen LogP contribution >= 0.6 is 11.3 Å². The van der Waals surface area contributed by atoms with Crippen molar-refractivity contribution in [2.45, 2.75) is 78.9 Å². The van der Waals surface area contributed by atoms with Crippen LogP contribution in [0.5, 0.6) is 0 Å². The number of nitrogens with zero attached hydrogens (tertiary/aromatic N) is 3. The summed E-state index contributed by atoms with van der Waals surface area (Å²) in [5.41, 5.74) is 12.6. The molecule has 3 nitrogen and oxygen atoms in total. The Kier molecular flexibility index (Phi) is 12.7. The maximum absolute atomic E-state index is 8.44. The fourth-order valence-electron chi connectivity index (χ4n) is 8.88. The fraction of sp³-hybridized carbons (Fsp3) is 0.207.